The number of nitrogens with one attached hydrogen (secondary N) is 1. The van der Waals surface area contributed by atoms with Gasteiger partial charge in [-0.3, -0.25) is 14.7 Å². The highest BCUT2D eigenvalue weighted by atomic mass is 16.5. The van der Waals surface area contributed by atoms with E-state index in [0.717, 1.165) is 81.2 Å². The Morgan fingerprint density at radius 3 is 2.64 bits per heavy atom. The molecule has 2 fully saturated rings. The molecule has 0 saturated carbocycles. The van der Waals surface area contributed by atoms with Gasteiger partial charge in [0.25, 0.3) is 0 Å². The van der Waals surface area contributed by atoms with Crippen LogP contribution < -0.4 is 15.0 Å². The molecule has 0 bridgehead atoms. The average molecular weight is 491 g/mol. The number of ether oxygens (including phenoxy) is 1. The molecule has 1 amide bonds. The van der Waals surface area contributed by atoms with E-state index in [1.807, 2.05) is 37.3 Å². The van der Waals surface area contributed by atoms with Gasteiger partial charge in [-0.05, 0) is 75.0 Å². The molecular formula is C27H34N6O3. The minimum absolute atomic E-state index is 0.0271. The summed E-state index contributed by atoms with van der Waals surface area (Å²) in [7, 11) is 1.64. The zero-order valence-corrected chi connectivity index (χ0v) is 21.0. The van der Waals surface area contributed by atoms with Gasteiger partial charge < -0.3 is 19.5 Å². The molecule has 2 aromatic heterocycles. The first-order valence-electron chi connectivity index (χ1n) is 12.7. The Kier molecular flexibility index (Phi) is 7.46. The molecule has 0 aliphatic carbocycles. The molecule has 190 valence electrons. The maximum atomic E-state index is 12.8. The number of piperidine rings is 1. The van der Waals surface area contributed by atoms with Gasteiger partial charge in [0.2, 0.25) is 11.7 Å². The number of nitrogens with zero attached hydrogens (tertiary/aromatic N) is 5. The molecule has 3 aromatic rings. The summed E-state index contributed by atoms with van der Waals surface area (Å²) < 4.78 is 10.7. The second kappa shape index (κ2) is 11.1. The quantitative estimate of drug-likeness (QED) is 0.514. The highest BCUT2D eigenvalue weighted by Gasteiger charge is 2.29. The van der Waals surface area contributed by atoms with E-state index in [4.69, 9.17) is 9.26 Å². The molecule has 2 aliphatic rings. The van der Waals surface area contributed by atoms with Crippen LogP contribution in [0.4, 0.5) is 6.01 Å². The van der Waals surface area contributed by atoms with Crippen molar-refractivity contribution in [2.24, 2.45) is 11.8 Å². The molecule has 36 heavy (non-hydrogen) atoms. The van der Waals surface area contributed by atoms with E-state index in [1.165, 1.54) is 0 Å². The van der Waals surface area contributed by atoms with Crippen molar-refractivity contribution in [1.82, 2.24) is 25.3 Å². The number of aryl methyl sites for hydroxylation is 1. The molecule has 4 heterocycles. The minimum Gasteiger partial charge on any atom is -0.497 e. The minimum atomic E-state index is 0.0271. The Hall–Kier alpha value is -3.46. The first-order valence-corrected chi connectivity index (χ1v) is 12.7. The van der Waals surface area contributed by atoms with Crippen molar-refractivity contribution < 1.29 is 14.1 Å². The molecule has 9 heteroatoms. The van der Waals surface area contributed by atoms with Crippen molar-refractivity contribution in [3.8, 4) is 17.1 Å². The molecule has 9 nitrogen and oxygen atoms in total. The largest absolute Gasteiger partial charge is 0.497 e. The number of hydrogen-bond donors (Lipinski definition) is 1. The summed E-state index contributed by atoms with van der Waals surface area (Å²) in [4.78, 5) is 26.5. The Morgan fingerprint density at radius 1 is 1.08 bits per heavy atom. The Labute approximate surface area is 211 Å². The third-order valence-electron chi connectivity index (χ3n) is 7.17. The highest BCUT2D eigenvalue weighted by molar-refractivity contribution is 5.79. The zero-order chi connectivity index (χ0) is 24.9. The Balaban J connectivity index is 1.05. The second-order valence-corrected chi connectivity index (χ2v) is 9.80. The molecule has 0 radical (unpaired) electrons. The SMILES string of the molecule is COc1ccc(-c2noc(N3CCC(C(=O)NCC4CCN(Cc5cccc(C)n5)C4)CC3)n2)cc1. The maximum absolute atomic E-state index is 12.8. The number of aromatic nitrogens is 3. The van der Waals surface area contributed by atoms with Crippen molar-refractivity contribution in [1.29, 1.82) is 0 Å². The molecule has 0 spiro atoms. The Bertz CT molecular complexity index is 1160. The fourth-order valence-corrected chi connectivity index (χ4v) is 5.06. The van der Waals surface area contributed by atoms with E-state index in [-0.39, 0.29) is 11.8 Å². The standard InChI is InChI=1S/C27H34N6O3/c1-19-4-3-5-23(29-19)18-32-13-10-20(17-32)16-28-26(34)22-11-14-33(15-12-22)27-30-25(31-36-27)21-6-8-24(35-2)9-7-21/h3-9,20,22H,10-18H2,1-2H3,(H,28,34). The summed E-state index contributed by atoms with van der Waals surface area (Å²) in [5.41, 5.74) is 3.04. The van der Waals surface area contributed by atoms with Gasteiger partial charge in [0, 0.05) is 49.9 Å². The van der Waals surface area contributed by atoms with Gasteiger partial charge in [-0.15, -0.1) is 0 Å². The van der Waals surface area contributed by atoms with Crippen LogP contribution in [0.5, 0.6) is 5.75 Å². The van der Waals surface area contributed by atoms with E-state index in [2.05, 4.69) is 42.4 Å². The number of rotatable bonds is 8. The van der Waals surface area contributed by atoms with E-state index in [1.54, 1.807) is 7.11 Å². The van der Waals surface area contributed by atoms with Gasteiger partial charge in [-0.2, -0.15) is 4.98 Å². The van der Waals surface area contributed by atoms with Crippen molar-refractivity contribution in [2.75, 3.05) is 44.7 Å². The fourth-order valence-electron chi connectivity index (χ4n) is 5.06. The molecule has 5 rings (SSSR count). The molecule has 2 aliphatic heterocycles. The summed E-state index contributed by atoms with van der Waals surface area (Å²) in [5, 5.41) is 7.34. The monoisotopic (exact) mass is 490 g/mol. The maximum Gasteiger partial charge on any atom is 0.324 e. The summed E-state index contributed by atoms with van der Waals surface area (Å²) in [6.07, 6.45) is 2.67. The molecule has 1 N–H and O–H groups in total. The Morgan fingerprint density at radius 2 is 1.89 bits per heavy atom. The number of pyridine rings is 1. The van der Waals surface area contributed by atoms with Gasteiger partial charge in [-0.1, -0.05) is 11.2 Å². The number of carbonyl (C=O) groups is 1. The predicted molar refractivity (Wildman–Crippen MR) is 137 cm³/mol. The lowest BCUT2D eigenvalue weighted by molar-refractivity contribution is -0.125. The van der Waals surface area contributed by atoms with E-state index >= 15 is 0 Å². The number of anilines is 1. The molecule has 1 atom stereocenters. The topological polar surface area (TPSA) is 96.6 Å². The van der Waals surface area contributed by atoms with Gasteiger partial charge in [0.15, 0.2) is 0 Å². The number of carbonyl (C=O) groups excluding carboxylic acids is 1. The van der Waals surface area contributed by atoms with E-state index in [9.17, 15) is 4.79 Å². The summed E-state index contributed by atoms with van der Waals surface area (Å²) >= 11 is 0. The normalized spacial score (nSPS) is 18.9. The van der Waals surface area contributed by atoms with Gasteiger partial charge in [0.05, 0.1) is 12.8 Å². The van der Waals surface area contributed by atoms with Crippen molar-refractivity contribution in [3.05, 3.63) is 53.9 Å². The van der Waals surface area contributed by atoms with E-state index in [0.29, 0.717) is 17.8 Å². The van der Waals surface area contributed by atoms with Crippen LogP contribution in [0, 0.1) is 18.8 Å². The molecule has 1 unspecified atom stereocenters. The second-order valence-electron chi connectivity index (χ2n) is 9.80. The lowest BCUT2D eigenvalue weighted by Gasteiger charge is -2.30. The van der Waals surface area contributed by atoms with Crippen LogP contribution >= 0.6 is 0 Å². The number of methoxy groups -OCH3 is 1. The van der Waals surface area contributed by atoms with Crippen LogP contribution in [0.15, 0.2) is 47.0 Å². The summed E-state index contributed by atoms with van der Waals surface area (Å²) in [6, 6.07) is 14.3. The van der Waals surface area contributed by atoms with Crippen LogP contribution in [0.25, 0.3) is 11.4 Å². The zero-order valence-electron chi connectivity index (χ0n) is 21.0. The lowest BCUT2D eigenvalue weighted by atomic mass is 9.96. The number of hydrogen-bond acceptors (Lipinski definition) is 8. The molecule has 1 aromatic carbocycles. The van der Waals surface area contributed by atoms with Crippen molar-refractivity contribution in [3.63, 3.8) is 0 Å². The predicted octanol–water partition coefficient (Wildman–Crippen LogP) is 3.30. The van der Waals surface area contributed by atoms with Crippen LogP contribution in [-0.2, 0) is 11.3 Å². The smallest absolute Gasteiger partial charge is 0.324 e. The first-order chi connectivity index (χ1) is 17.6. The van der Waals surface area contributed by atoms with Crippen LogP contribution in [0.2, 0.25) is 0 Å². The molecular weight excluding hydrogens is 456 g/mol. The fraction of sp³-hybridized carbons (Fsp3) is 0.481. The van der Waals surface area contributed by atoms with Crippen molar-refractivity contribution in [2.45, 2.75) is 32.7 Å². The molecule has 2 saturated heterocycles. The first kappa shape index (κ1) is 24.2. The lowest BCUT2D eigenvalue weighted by Crippen LogP contribution is -2.42. The van der Waals surface area contributed by atoms with Crippen molar-refractivity contribution >= 4 is 11.9 Å². The third kappa shape index (κ3) is 5.84. The van der Waals surface area contributed by atoms with Crippen LogP contribution in [0.1, 0.15) is 30.7 Å². The van der Waals surface area contributed by atoms with Gasteiger partial charge >= 0.3 is 6.01 Å². The van der Waals surface area contributed by atoms with Gasteiger partial charge in [0.1, 0.15) is 5.75 Å². The number of benzene rings is 1. The van der Waals surface area contributed by atoms with Gasteiger partial charge in [-0.25, -0.2) is 0 Å². The number of likely N-dealkylation sites (tertiary alicyclic amines) is 1. The van der Waals surface area contributed by atoms with E-state index < -0.39 is 0 Å². The average Bonchev–Trinajstić information content (AvgIpc) is 3.58. The van der Waals surface area contributed by atoms with Crippen LogP contribution in [-0.4, -0.2) is 65.8 Å². The third-order valence-corrected chi connectivity index (χ3v) is 7.17. The highest BCUT2D eigenvalue weighted by Crippen LogP contribution is 2.26. The number of amides is 1. The van der Waals surface area contributed by atoms with Crippen LogP contribution in [0.3, 0.4) is 0 Å². The summed E-state index contributed by atoms with van der Waals surface area (Å²) in [5.74, 6) is 2.02. The summed E-state index contributed by atoms with van der Waals surface area (Å²) in [6.45, 7) is 7.15.